The van der Waals surface area contributed by atoms with E-state index in [1.165, 1.54) is 141 Å². The highest BCUT2D eigenvalue weighted by Crippen LogP contribution is 2.16. The second-order valence-electron chi connectivity index (χ2n) is 22.3. The van der Waals surface area contributed by atoms with Gasteiger partial charge in [0.15, 0.2) is 6.10 Å². The minimum atomic E-state index is -0.797. The molecule has 0 rings (SSSR count). The summed E-state index contributed by atoms with van der Waals surface area (Å²) in [6.45, 7) is 6.42. The van der Waals surface area contributed by atoms with Crippen molar-refractivity contribution in [2.24, 2.45) is 0 Å². The van der Waals surface area contributed by atoms with Crippen molar-refractivity contribution in [2.75, 3.05) is 13.2 Å². The monoisotopic (exact) mass is 1120 g/mol. The van der Waals surface area contributed by atoms with Gasteiger partial charge in [0.2, 0.25) is 0 Å². The number of ether oxygens (including phenoxy) is 3. The summed E-state index contributed by atoms with van der Waals surface area (Å²) in [7, 11) is 0. The Kier molecular flexibility index (Phi) is 64.8. The number of carbonyl (C=O) groups excluding carboxylic acids is 3. The van der Waals surface area contributed by atoms with E-state index in [2.05, 4.69) is 142 Å². The molecule has 6 heteroatoms. The summed E-state index contributed by atoms with van der Waals surface area (Å²) < 4.78 is 17.0. The van der Waals surface area contributed by atoms with Crippen LogP contribution in [0.4, 0.5) is 0 Å². The molecule has 0 aromatic rings. The first kappa shape index (κ1) is 76.8. The second kappa shape index (κ2) is 68.3. The fourth-order valence-electron chi connectivity index (χ4n) is 9.40. The normalized spacial score (nSPS) is 12.9. The Morgan fingerprint density at radius 1 is 0.259 bits per heavy atom. The average molecular weight is 1120 g/mol. The summed E-state index contributed by atoms with van der Waals surface area (Å²) in [6, 6.07) is 0. The lowest BCUT2D eigenvalue weighted by Gasteiger charge is -2.18. The number of rotatable bonds is 61. The zero-order chi connectivity index (χ0) is 58.5. The molecule has 0 aliphatic heterocycles. The minimum absolute atomic E-state index is 0.0894. The number of carbonyl (C=O) groups is 3. The fraction of sp³-hybridized carbons (Fsp3) is 0.693. The molecule has 81 heavy (non-hydrogen) atoms. The van der Waals surface area contributed by atoms with Gasteiger partial charge in [0.25, 0.3) is 0 Å². The first-order chi connectivity index (χ1) is 40.0. The van der Waals surface area contributed by atoms with Gasteiger partial charge in [-0.15, -0.1) is 0 Å². The molecule has 0 saturated heterocycles. The maximum atomic E-state index is 13.0. The SMILES string of the molecule is CC/C=C\C/C=C\C/C=C\C/C=C\C/C=C\CCCCCCCC(=O)OC(COC(=O)CCCCCCCCCCC/C=C\CCCCCCCC)COC(=O)CCCCCCCCCCCC/C=C\C/C=C\C/C=C\C/C=C\CC. The molecule has 0 radical (unpaired) electrons. The first-order valence-electron chi connectivity index (χ1n) is 34.0. The van der Waals surface area contributed by atoms with Crippen molar-refractivity contribution in [1.29, 1.82) is 0 Å². The van der Waals surface area contributed by atoms with Crippen molar-refractivity contribution in [2.45, 2.75) is 322 Å². The molecule has 1 atom stereocenters. The van der Waals surface area contributed by atoms with E-state index in [4.69, 9.17) is 14.2 Å². The third-order valence-electron chi connectivity index (χ3n) is 14.4. The molecule has 0 aromatic carbocycles. The summed E-state index contributed by atoms with van der Waals surface area (Å²) in [5, 5.41) is 0. The third-order valence-corrected chi connectivity index (χ3v) is 14.4. The van der Waals surface area contributed by atoms with Crippen LogP contribution in [0.5, 0.6) is 0 Å². The van der Waals surface area contributed by atoms with Gasteiger partial charge in [0.05, 0.1) is 0 Å². The van der Waals surface area contributed by atoms with E-state index in [1.807, 2.05) is 0 Å². The van der Waals surface area contributed by atoms with Gasteiger partial charge in [0, 0.05) is 19.3 Å². The van der Waals surface area contributed by atoms with E-state index < -0.39 is 6.10 Å². The lowest BCUT2D eigenvalue weighted by Crippen LogP contribution is -2.30. The molecule has 0 aromatic heterocycles. The van der Waals surface area contributed by atoms with Crippen LogP contribution in [0.15, 0.2) is 122 Å². The standard InChI is InChI=1S/C75H126O6/c1-4-7-10-13-16-19-22-25-28-31-34-36-37-39-41-44-47-50-53-56-59-62-65-68-74(77)80-71-72(70-79-73(76)67-64-61-58-55-52-49-46-43-40-33-30-27-24-21-18-15-12-9-6-3)81-75(78)69-66-63-60-57-54-51-48-45-42-38-35-32-29-26-23-20-17-14-11-8-5-2/h7-8,10-11,16-17,19-20,25-30,34-36,38,45,48,72H,4-6,9,12-15,18,21-24,31-33,37,39-44,46-47,49-71H2,1-3H3/b10-7-,11-8-,19-16-,20-17-,28-25-,29-26-,30-27-,36-34-,38-35-,48-45-. The highest BCUT2D eigenvalue weighted by Gasteiger charge is 2.19. The van der Waals surface area contributed by atoms with Crippen molar-refractivity contribution in [3.8, 4) is 0 Å². The molecule has 0 aliphatic carbocycles. The Bertz CT molecular complexity index is 1670. The molecule has 1 unspecified atom stereocenters. The van der Waals surface area contributed by atoms with Gasteiger partial charge in [-0.3, -0.25) is 14.4 Å². The predicted molar refractivity (Wildman–Crippen MR) is 353 cm³/mol. The van der Waals surface area contributed by atoms with Crippen LogP contribution in [0.3, 0.4) is 0 Å². The molecular weight excluding hydrogens is 997 g/mol. The predicted octanol–water partition coefficient (Wildman–Crippen LogP) is 23.6. The summed E-state index contributed by atoms with van der Waals surface area (Å²) in [5.74, 6) is -0.905. The number of hydrogen-bond donors (Lipinski definition) is 0. The average Bonchev–Trinajstić information content (AvgIpc) is 3.47. The quantitative estimate of drug-likeness (QED) is 0.0261. The number of unbranched alkanes of at least 4 members (excludes halogenated alkanes) is 30. The van der Waals surface area contributed by atoms with Gasteiger partial charge < -0.3 is 14.2 Å². The van der Waals surface area contributed by atoms with Gasteiger partial charge in [-0.1, -0.05) is 290 Å². The summed E-state index contributed by atoms with van der Waals surface area (Å²) in [5.41, 5.74) is 0. The molecular formula is C75H126O6. The van der Waals surface area contributed by atoms with Crippen LogP contribution < -0.4 is 0 Å². The highest BCUT2D eigenvalue weighted by molar-refractivity contribution is 5.71. The minimum Gasteiger partial charge on any atom is -0.462 e. The van der Waals surface area contributed by atoms with Gasteiger partial charge in [-0.2, -0.15) is 0 Å². The Hall–Kier alpha value is -4.19. The molecule has 0 aliphatic rings. The Morgan fingerprint density at radius 3 is 0.765 bits per heavy atom. The molecule has 0 N–H and O–H groups in total. The van der Waals surface area contributed by atoms with Crippen LogP contribution in [-0.4, -0.2) is 37.2 Å². The van der Waals surface area contributed by atoms with Crippen LogP contribution in [0.25, 0.3) is 0 Å². The molecule has 0 saturated carbocycles. The molecule has 0 heterocycles. The number of hydrogen-bond acceptors (Lipinski definition) is 6. The second-order valence-corrected chi connectivity index (χ2v) is 22.3. The maximum absolute atomic E-state index is 13.0. The molecule has 462 valence electrons. The van der Waals surface area contributed by atoms with Crippen LogP contribution >= 0.6 is 0 Å². The van der Waals surface area contributed by atoms with Gasteiger partial charge in [-0.25, -0.2) is 0 Å². The van der Waals surface area contributed by atoms with E-state index in [0.29, 0.717) is 19.3 Å². The van der Waals surface area contributed by atoms with Crippen molar-refractivity contribution in [3.63, 3.8) is 0 Å². The molecule has 0 spiro atoms. The van der Waals surface area contributed by atoms with Gasteiger partial charge >= 0.3 is 17.9 Å². The number of esters is 3. The molecule has 6 nitrogen and oxygen atoms in total. The van der Waals surface area contributed by atoms with Crippen molar-refractivity contribution in [1.82, 2.24) is 0 Å². The smallest absolute Gasteiger partial charge is 0.306 e. The zero-order valence-corrected chi connectivity index (χ0v) is 53.0. The van der Waals surface area contributed by atoms with E-state index in [9.17, 15) is 14.4 Å². The van der Waals surface area contributed by atoms with E-state index in [-0.39, 0.29) is 31.1 Å². The van der Waals surface area contributed by atoms with Gasteiger partial charge in [-0.05, 0) is 128 Å². The summed E-state index contributed by atoms with van der Waals surface area (Å²) in [4.78, 5) is 38.5. The first-order valence-corrected chi connectivity index (χ1v) is 34.0. The zero-order valence-electron chi connectivity index (χ0n) is 53.0. The van der Waals surface area contributed by atoms with Crippen molar-refractivity contribution in [3.05, 3.63) is 122 Å². The Balaban J connectivity index is 4.43. The summed E-state index contributed by atoms with van der Waals surface area (Å²) in [6.07, 6.45) is 94.9. The van der Waals surface area contributed by atoms with E-state index in [1.54, 1.807) is 0 Å². The van der Waals surface area contributed by atoms with Crippen molar-refractivity contribution < 1.29 is 28.6 Å². The van der Waals surface area contributed by atoms with Crippen LogP contribution in [-0.2, 0) is 28.6 Å². The number of allylic oxidation sites excluding steroid dienone is 20. The van der Waals surface area contributed by atoms with E-state index in [0.717, 1.165) is 135 Å². The molecule has 0 bridgehead atoms. The van der Waals surface area contributed by atoms with Gasteiger partial charge in [0.1, 0.15) is 13.2 Å². The Morgan fingerprint density at radius 2 is 0.481 bits per heavy atom. The fourth-order valence-corrected chi connectivity index (χ4v) is 9.40. The van der Waals surface area contributed by atoms with Crippen molar-refractivity contribution >= 4 is 17.9 Å². The topological polar surface area (TPSA) is 78.9 Å². The Labute approximate surface area is 501 Å². The highest BCUT2D eigenvalue weighted by atomic mass is 16.6. The lowest BCUT2D eigenvalue weighted by atomic mass is 10.1. The summed E-state index contributed by atoms with van der Waals surface area (Å²) >= 11 is 0. The largest absolute Gasteiger partial charge is 0.462 e. The van der Waals surface area contributed by atoms with Crippen LogP contribution in [0.1, 0.15) is 316 Å². The van der Waals surface area contributed by atoms with Crippen LogP contribution in [0, 0.1) is 0 Å². The maximum Gasteiger partial charge on any atom is 0.306 e. The van der Waals surface area contributed by atoms with E-state index >= 15 is 0 Å². The van der Waals surface area contributed by atoms with Crippen LogP contribution in [0.2, 0.25) is 0 Å². The third kappa shape index (κ3) is 66.5. The molecule has 0 amide bonds. The molecule has 0 fully saturated rings. The lowest BCUT2D eigenvalue weighted by molar-refractivity contribution is -0.167.